The van der Waals surface area contributed by atoms with Crippen molar-refractivity contribution in [2.24, 2.45) is 0 Å². The molecule has 2 aliphatic heterocycles. The van der Waals surface area contributed by atoms with Crippen molar-refractivity contribution in [1.29, 1.82) is 0 Å². The fourth-order valence-corrected chi connectivity index (χ4v) is 2.39. The van der Waals surface area contributed by atoms with Gasteiger partial charge in [0.25, 0.3) is 0 Å². The summed E-state index contributed by atoms with van der Waals surface area (Å²) in [4.78, 5) is 9.11. The Bertz CT molecular complexity index is 370. The average Bonchev–Trinajstić information content (AvgIpc) is 2.61. The van der Waals surface area contributed by atoms with E-state index in [1.807, 2.05) is 0 Å². The second kappa shape index (κ2) is 8.92. The van der Waals surface area contributed by atoms with E-state index < -0.39 is 74.6 Å². The second-order valence-electron chi connectivity index (χ2n) is 5.66. The molecule has 10 atom stereocenters. The van der Waals surface area contributed by atoms with Gasteiger partial charge in [-0.25, -0.2) is 0 Å². The summed E-state index contributed by atoms with van der Waals surface area (Å²) in [6.45, 7) is -1.36. The summed E-state index contributed by atoms with van der Waals surface area (Å²) in [5.41, 5.74) is 0. The standard InChI is InChI=1S/C12H22O13/c13-1-3-5(15)7(17)9(19)11(21-3)23-25-24-12-10(20)8(18)6(16)4(2-14)22-12/h3-20H,1-2H2/t3-,4-,5-,6-,7+,8+,9-,10-,11?,12?/m1/s1. The Hall–Kier alpha value is -0.520. The van der Waals surface area contributed by atoms with Crippen molar-refractivity contribution >= 4 is 0 Å². The number of ether oxygens (including phenoxy) is 2. The van der Waals surface area contributed by atoms with Gasteiger partial charge in [0.1, 0.15) is 48.8 Å². The summed E-state index contributed by atoms with van der Waals surface area (Å²) >= 11 is 0. The molecule has 13 heteroatoms. The SMILES string of the molecule is OC[C@H]1OC(OOOC2O[C@H](CO)[C@@H](O)[C@H](O)[C@H]2O)[C@H](O)[C@@H](O)[C@@H]1O. The van der Waals surface area contributed by atoms with Crippen molar-refractivity contribution in [3.05, 3.63) is 0 Å². The van der Waals surface area contributed by atoms with Crippen LogP contribution in [0.1, 0.15) is 0 Å². The van der Waals surface area contributed by atoms with Gasteiger partial charge in [0, 0.05) is 0 Å². The minimum atomic E-state index is -1.75. The Morgan fingerprint density at radius 3 is 1.24 bits per heavy atom. The van der Waals surface area contributed by atoms with Crippen molar-refractivity contribution in [1.82, 2.24) is 0 Å². The number of hydrogen-bond donors (Lipinski definition) is 8. The van der Waals surface area contributed by atoms with Crippen LogP contribution >= 0.6 is 0 Å². The van der Waals surface area contributed by atoms with Crippen LogP contribution in [0.25, 0.3) is 0 Å². The first-order chi connectivity index (χ1) is 11.8. The zero-order valence-electron chi connectivity index (χ0n) is 12.8. The van der Waals surface area contributed by atoms with E-state index in [-0.39, 0.29) is 0 Å². The van der Waals surface area contributed by atoms with Crippen LogP contribution < -0.4 is 0 Å². The minimum Gasteiger partial charge on any atom is -0.394 e. The molecule has 2 saturated heterocycles. The molecule has 0 aromatic carbocycles. The number of rotatable bonds is 6. The van der Waals surface area contributed by atoms with Crippen molar-refractivity contribution < 1.29 is 65.1 Å². The van der Waals surface area contributed by atoms with Crippen LogP contribution in [0.15, 0.2) is 0 Å². The van der Waals surface area contributed by atoms with Gasteiger partial charge in [-0.15, -0.1) is 0 Å². The highest BCUT2D eigenvalue weighted by Crippen LogP contribution is 2.24. The van der Waals surface area contributed by atoms with Gasteiger partial charge in [-0.3, -0.25) is 0 Å². The monoisotopic (exact) mass is 374 g/mol. The van der Waals surface area contributed by atoms with Crippen molar-refractivity contribution in [3.8, 4) is 0 Å². The van der Waals surface area contributed by atoms with Gasteiger partial charge in [-0.1, -0.05) is 5.04 Å². The Morgan fingerprint density at radius 2 is 0.920 bits per heavy atom. The van der Waals surface area contributed by atoms with Gasteiger partial charge in [0.2, 0.25) is 12.6 Å². The first kappa shape index (κ1) is 20.8. The van der Waals surface area contributed by atoms with E-state index in [0.717, 1.165) is 0 Å². The molecular formula is C12H22O13. The Kier molecular flexibility index (Phi) is 7.41. The lowest BCUT2D eigenvalue weighted by molar-refractivity contribution is -0.595. The highest BCUT2D eigenvalue weighted by atomic mass is 17.5. The topological polar surface area (TPSA) is 208 Å². The third-order valence-corrected chi connectivity index (χ3v) is 3.97. The number of aliphatic hydroxyl groups is 8. The molecule has 0 aromatic heterocycles. The molecule has 2 fully saturated rings. The van der Waals surface area contributed by atoms with Crippen LogP contribution in [0.3, 0.4) is 0 Å². The predicted octanol–water partition coefficient (Wildman–Crippen LogP) is -5.53. The zero-order chi connectivity index (χ0) is 18.7. The summed E-state index contributed by atoms with van der Waals surface area (Å²) in [5, 5.41) is 80.1. The van der Waals surface area contributed by atoms with Gasteiger partial charge in [0.15, 0.2) is 0 Å². The third-order valence-electron chi connectivity index (χ3n) is 3.97. The van der Waals surface area contributed by atoms with E-state index in [2.05, 4.69) is 14.8 Å². The summed E-state index contributed by atoms with van der Waals surface area (Å²) in [6.07, 6.45) is -15.9. The molecule has 0 spiro atoms. The lowest BCUT2D eigenvalue weighted by Crippen LogP contribution is -2.60. The van der Waals surface area contributed by atoms with Gasteiger partial charge in [0.05, 0.1) is 13.2 Å². The largest absolute Gasteiger partial charge is 0.394 e. The molecule has 2 aliphatic rings. The maximum Gasteiger partial charge on any atom is 0.223 e. The highest BCUT2D eigenvalue weighted by Gasteiger charge is 2.47. The maximum absolute atomic E-state index is 9.70. The maximum atomic E-state index is 9.70. The molecule has 2 unspecified atom stereocenters. The molecule has 2 rings (SSSR count). The van der Waals surface area contributed by atoms with E-state index in [0.29, 0.717) is 0 Å². The molecule has 13 nitrogen and oxygen atoms in total. The Labute approximate surface area is 141 Å². The van der Waals surface area contributed by atoms with E-state index in [4.69, 9.17) is 19.7 Å². The first-order valence-electron chi connectivity index (χ1n) is 7.41. The third kappa shape index (κ3) is 4.42. The average molecular weight is 374 g/mol. The fraction of sp³-hybridized carbons (Fsp3) is 1.00. The summed E-state index contributed by atoms with van der Waals surface area (Å²) < 4.78 is 9.91. The van der Waals surface area contributed by atoms with Gasteiger partial charge in [-0.2, -0.15) is 9.78 Å². The van der Waals surface area contributed by atoms with E-state index in [1.165, 1.54) is 0 Å². The predicted molar refractivity (Wildman–Crippen MR) is 70.8 cm³/mol. The molecule has 8 N–H and O–H groups in total. The molecule has 0 amide bonds. The number of aliphatic hydroxyl groups excluding tert-OH is 8. The Balaban J connectivity index is 1.87. The van der Waals surface area contributed by atoms with Gasteiger partial charge in [-0.05, 0) is 0 Å². The molecule has 148 valence electrons. The lowest BCUT2D eigenvalue weighted by Gasteiger charge is -2.40. The minimum absolute atomic E-state index is 0.682. The van der Waals surface area contributed by atoms with E-state index in [9.17, 15) is 30.6 Å². The summed E-state index contributed by atoms with van der Waals surface area (Å²) in [5.74, 6) is 0. The molecule has 0 aromatic rings. The smallest absolute Gasteiger partial charge is 0.223 e. The molecule has 2 heterocycles. The van der Waals surface area contributed by atoms with Gasteiger partial charge < -0.3 is 50.3 Å². The second-order valence-corrected chi connectivity index (χ2v) is 5.66. The zero-order valence-corrected chi connectivity index (χ0v) is 12.8. The van der Waals surface area contributed by atoms with Crippen molar-refractivity contribution in [2.75, 3.05) is 13.2 Å². The number of hydrogen-bond acceptors (Lipinski definition) is 13. The van der Waals surface area contributed by atoms with Crippen molar-refractivity contribution in [3.63, 3.8) is 0 Å². The van der Waals surface area contributed by atoms with Crippen molar-refractivity contribution in [2.45, 2.75) is 61.4 Å². The van der Waals surface area contributed by atoms with Gasteiger partial charge >= 0.3 is 0 Å². The van der Waals surface area contributed by atoms with E-state index in [1.54, 1.807) is 0 Å². The van der Waals surface area contributed by atoms with Crippen LogP contribution in [0.2, 0.25) is 0 Å². The molecule has 0 radical (unpaired) electrons. The summed E-state index contributed by atoms with van der Waals surface area (Å²) in [6, 6.07) is 0. The quantitative estimate of drug-likeness (QED) is 0.161. The van der Waals surface area contributed by atoms with Crippen LogP contribution in [-0.2, 0) is 24.3 Å². The molecule has 0 saturated carbocycles. The first-order valence-corrected chi connectivity index (χ1v) is 7.41. The summed E-state index contributed by atoms with van der Waals surface area (Å²) in [7, 11) is 0. The highest BCUT2D eigenvalue weighted by molar-refractivity contribution is 4.89. The molecule has 0 bridgehead atoms. The fourth-order valence-electron chi connectivity index (χ4n) is 2.39. The van der Waals surface area contributed by atoms with Crippen LogP contribution in [-0.4, -0.2) is 115 Å². The van der Waals surface area contributed by atoms with Crippen LogP contribution in [0.5, 0.6) is 0 Å². The molecular weight excluding hydrogens is 352 g/mol. The van der Waals surface area contributed by atoms with E-state index >= 15 is 0 Å². The molecule has 0 aliphatic carbocycles. The Morgan fingerprint density at radius 1 is 0.560 bits per heavy atom. The lowest BCUT2D eigenvalue weighted by atomic mass is 9.99. The molecule has 25 heavy (non-hydrogen) atoms. The normalized spacial score (nSPS) is 48.5. The van der Waals surface area contributed by atoms with Crippen LogP contribution in [0, 0.1) is 0 Å². The van der Waals surface area contributed by atoms with Crippen LogP contribution in [0.4, 0.5) is 0 Å².